The van der Waals surface area contributed by atoms with E-state index in [0.29, 0.717) is 31.5 Å². The van der Waals surface area contributed by atoms with E-state index in [1.807, 2.05) is 24.0 Å². The van der Waals surface area contributed by atoms with Crippen molar-refractivity contribution in [2.45, 2.75) is 63.6 Å². The number of ether oxygens (including phenoxy) is 1. The average molecular weight is 447 g/mol. The third-order valence-corrected chi connectivity index (χ3v) is 6.39. The number of aromatic nitrogens is 1. The molecule has 1 amide bonds. The molecule has 0 saturated carbocycles. The molecule has 32 heavy (non-hydrogen) atoms. The summed E-state index contributed by atoms with van der Waals surface area (Å²) in [7, 11) is 0. The highest BCUT2D eigenvalue weighted by molar-refractivity contribution is 5.76. The Bertz CT molecular complexity index is 946. The van der Waals surface area contributed by atoms with E-state index in [4.69, 9.17) is 9.72 Å². The molecule has 172 valence electrons. The Kier molecular flexibility index (Phi) is 6.84. The van der Waals surface area contributed by atoms with E-state index in [1.54, 1.807) is 6.07 Å². The summed E-state index contributed by atoms with van der Waals surface area (Å²) in [6.45, 7) is 4.07. The number of halogens is 3. The van der Waals surface area contributed by atoms with Gasteiger partial charge in [0, 0.05) is 37.0 Å². The fourth-order valence-corrected chi connectivity index (χ4v) is 4.73. The number of rotatable bonds is 5. The normalized spacial score (nSPS) is 20.0. The average Bonchev–Trinajstić information content (AvgIpc) is 3.26. The third kappa shape index (κ3) is 5.68. The maximum absolute atomic E-state index is 13.0. The zero-order valence-electron chi connectivity index (χ0n) is 18.3. The largest absolute Gasteiger partial charge is 0.416 e. The molecule has 1 aromatic carbocycles. The molecule has 2 aliphatic rings. The second kappa shape index (κ2) is 9.61. The number of pyridine rings is 1. The van der Waals surface area contributed by atoms with Gasteiger partial charge in [0.15, 0.2) is 0 Å². The van der Waals surface area contributed by atoms with Gasteiger partial charge in [-0.05, 0) is 68.4 Å². The van der Waals surface area contributed by atoms with Crippen molar-refractivity contribution in [1.29, 1.82) is 0 Å². The van der Waals surface area contributed by atoms with E-state index in [2.05, 4.69) is 0 Å². The Balaban J connectivity index is 1.39. The van der Waals surface area contributed by atoms with Crippen LogP contribution in [0.2, 0.25) is 0 Å². The van der Waals surface area contributed by atoms with Crippen molar-refractivity contribution in [3.8, 4) is 0 Å². The molecule has 2 fully saturated rings. The van der Waals surface area contributed by atoms with Crippen LogP contribution in [0.3, 0.4) is 0 Å². The number of alkyl halides is 3. The number of carbonyl (C=O) groups is 1. The lowest BCUT2D eigenvalue weighted by atomic mass is 9.91. The van der Waals surface area contributed by atoms with Gasteiger partial charge in [-0.15, -0.1) is 0 Å². The molecule has 1 atom stereocenters. The van der Waals surface area contributed by atoms with Crippen molar-refractivity contribution in [3.05, 3.63) is 64.5 Å². The first-order valence-electron chi connectivity index (χ1n) is 11.3. The van der Waals surface area contributed by atoms with Crippen molar-refractivity contribution >= 4 is 5.91 Å². The van der Waals surface area contributed by atoms with E-state index < -0.39 is 11.7 Å². The van der Waals surface area contributed by atoms with Crippen molar-refractivity contribution < 1.29 is 22.7 Å². The third-order valence-electron chi connectivity index (χ3n) is 6.39. The van der Waals surface area contributed by atoms with Crippen LogP contribution in [0.5, 0.6) is 0 Å². The highest BCUT2D eigenvalue weighted by Gasteiger charge is 2.30. The summed E-state index contributed by atoms with van der Waals surface area (Å²) in [5.41, 5.74) is 2.80. The van der Waals surface area contributed by atoms with Crippen molar-refractivity contribution in [2.75, 3.05) is 19.7 Å². The summed E-state index contributed by atoms with van der Waals surface area (Å²) < 4.78 is 44.7. The van der Waals surface area contributed by atoms with Crippen LogP contribution in [0.4, 0.5) is 13.2 Å². The second-order valence-corrected chi connectivity index (χ2v) is 8.91. The Labute approximate surface area is 186 Å². The van der Waals surface area contributed by atoms with Gasteiger partial charge in [-0.25, -0.2) is 0 Å². The SMILES string of the molecule is Cc1cc(Cc2cccc(C(F)(F)F)c2)cc(C2CCN(C(=O)C[C@@H]3CCCO3)CC2)n1. The number of piperidine rings is 1. The zero-order chi connectivity index (χ0) is 22.7. The maximum Gasteiger partial charge on any atom is 0.416 e. The summed E-state index contributed by atoms with van der Waals surface area (Å²) >= 11 is 0. The molecular formula is C25H29F3N2O2. The number of hydrogen-bond acceptors (Lipinski definition) is 3. The molecule has 1 aromatic heterocycles. The summed E-state index contributed by atoms with van der Waals surface area (Å²) in [4.78, 5) is 19.2. The number of nitrogens with zero attached hydrogens (tertiary/aromatic N) is 2. The van der Waals surface area contributed by atoms with E-state index in [9.17, 15) is 18.0 Å². The van der Waals surface area contributed by atoms with E-state index >= 15 is 0 Å². The van der Waals surface area contributed by atoms with Gasteiger partial charge in [-0.2, -0.15) is 13.2 Å². The summed E-state index contributed by atoms with van der Waals surface area (Å²) in [5, 5.41) is 0. The lowest BCUT2D eigenvalue weighted by molar-refractivity contribution is -0.137. The molecule has 0 radical (unpaired) electrons. The number of amides is 1. The van der Waals surface area contributed by atoms with Crippen LogP contribution in [-0.2, 0) is 22.1 Å². The molecule has 2 aromatic rings. The number of likely N-dealkylation sites (tertiary alicyclic amines) is 1. The molecule has 2 saturated heterocycles. The zero-order valence-corrected chi connectivity index (χ0v) is 18.3. The van der Waals surface area contributed by atoms with Crippen LogP contribution in [0, 0.1) is 6.92 Å². The standard InChI is InChI=1S/C25H29F3N2O2/c1-17-12-19(13-18-4-2-5-21(14-18)25(26,27)28)15-23(29-17)20-7-9-30(10-8-20)24(31)16-22-6-3-11-32-22/h2,4-5,12,14-15,20,22H,3,6-11,13,16H2,1H3/t22-/m0/s1. The predicted molar refractivity (Wildman–Crippen MR) is 115 cm³/mol. The minimum atomic E-state index is -4.34. The Morgan fingerprint density at radius 2 is 1.91 bits per heavy atom. The smallest absolute Gasteiger partial charge is 0.378 e. The monoisotopic (exact) mass is 446 g/mol. The van der Waals surface area contributed by atoms with Gasteiger partial charge < -0.3 is 9.64 Å². The quantitative estimate of drug-likeness (QED) is 0.628. The van der Waals surface area contributed by atoms with Crippen molar-refractivity contribution in [2.24, 2.45) is 0 Å². The van der Waals surface area contributed by atoms with Crippen LogP contribution in [0.25, 0.3) is 0 Å². The van der Waals surface area contributed by atoms with Gasteiger partial charge in [-0.3, -0.25) is 9.78 Å². The van der Waals surface area contributed by atoms with Gasteiger partial charge in [-0.1, -0.05) is 18.2 Å². The first kappa shape index (κ1) is 22.8. The molecule has 0 N–H and O–H groups in total. The molecule has 0 bridgehead atoms. The molecule has 0 spiro atoms. The summed E-state index contributed by atoms with van der Waals surface area (Å²) in [6.07, 6.45) is 0.300. The van der Waals surface area contributed by atoms with Crippen molar-refractivity contribution in [3.63, 3.8) is 0 Å². The highest BCUT2D eigenvalue weighted by Crippen LogP contribution is 2.31. The Hall–Kier alpha value is -2.41. The van der Waals surface area contributed by atoms with Gasteiger partial charge in [0.25, 0.3) is 0 Å². The number of carbonyl (C=O) groups excluding carboxylic acids is 1. The Morgan fingerprint density at radius 3 is 2.59 bits per heavy atom. The second-order valence-electron chi connectivity index (χ2n) is 8.91. The fourth-order valence-electron chi connectivity index (χ4n) is 4.73. The first-order valence-corrected chi connectivity index (χ1v) is 11.3. The minimum absolute atomic E-state index is 0.0667. The van der Waals surface area contributed by atoms with Gasteiger partial charge in [0.1, 0.15) is 0 Å². The molecule has 7 heteroatoms. The van der Waals surface area contributed by atoms with E-state index in [-0.39, 0.29) is 17.9 Å². The summed E-state index contributed by atoms with van der Waals surface area (Å²) in [5.74, 6) is 0.416. The maximum atomic E-state index is 13.0. The number of benzene rings is 1. The molecule has 2 aliphatic heterocycles. The molecule has 4 nitrogen and oxygen atoms in total. The topological polar surface area (TPSA) is 42.4 Å². The lowest BCUT2D eigenvalue weighted by Crippen LogP contribution is -2.39. The Morgan fingerprint density at radius 1 is 1.12 bits per heavy atom. The van der Waals surface area contributed by atoms with Gasteiger partial charge >= 0.3 is 6.18 Å². The number of hydrogen-bond donors (Lipinski definition) is 0. The van der Waals surface area contributed by atoms with E-state index in [0.717, 1.165) is 55.3 Å². The van der Waals surface area contributed by atoms with Crippen LogP contribution in [0.15, 0.2) is 36.4 Å². The lowest BCUT2D eigenvalue weighted by Gasteiger charge is -2.32. The molecule has 3 heterocycles. The first-order chi connectivity index (χ1) is 15.3. The molecular weight excluding hydrogens is 417 g/mol. The fraction of sp³-hybridized carbons (Fsp3) is 0.520. The minimum Gasteiger partial charge on any atom is -0.378 e. The number of aryl methyl sites for hydroxylation is 1. The van der Waals surface area contributed by atoms with Crippen LogP contribution in [0.1, 0.15) is 66.1 Å². The highest BCUT2D eigenvalue weighted by atomic mass is 19.4. The molecule has 0 aliphatic carbocycles. The van der Waals surface area contributed by atoms with Crippen LogP contribution >= 0.6 is 0 Å². The van der Waals surface area contributed by atoms with Crippen LogP contribution < -0.4 is 0 Å². The molecule has 0 unspecified atom stereocenters. The van der Waals surface area contributed by atoms with Gasteiger partial charge in [0.2, 0.25) is 5.91 Å². The van der Waals surface area contributed by atoms with E-state index in [1.165, 1.54) is 12.1 Å². The molecule has 4 rings (SSSR count). The van der Waals surface area contributed by atoms with Gasteiger partial charge in [0.05, 0.1) is 18.1 Å². The predicted octanol–water partition coefficient (Wildman–Crippen LogP) is 5.27. The summed E-state index contributed by atoms with van der Waals surface area (Å²) in [6, 6.07) is 9.44. The van der Waals surface area contributed by atoms with Crippen molar-refractivity contribution in [1.82, 2.24) is 9.88 Å². The van der Waals surface area contributed by atoms with Crippen LogP contribution in [-0.4, -0.2) is 41.6 Å².